The Hall–Kier alpha value is -2.54. The first-order chi connectivity index (χ1) is 11.5. The lowest BCUT2D eigenvalue weighted by atomic mass is 10.3. The maximum absolute atomic E-state index is 13.8. The molecule has 0 radical (unpaired) electrons. The molecule has 0 fully saturated rings. The Morgan fingerprint density at radius 2 is 1.58 bits per heavy atom. The zero-order valence-corrected chi connectivity index (χ0v) is 14.2. The van der Waals surface area contributed by atoms with E-state index in [1.807, 2.05) is 24.3 Å². The van der Waals surface area contributed by atoms with Gasteiger partial charge in [-0.05, 0) is 43.3 Å². The number of rotatable bonds is 4. The van der Waals surface area contributed by atoms with Crippen molar-refractivity contribution in [1.82, 2.24) is 9.97 Å². The zero-order valence-electron chi connectivity index (χ0n) is 12.6. The van der Waals surface area contributed by atoms with Gasteiger partial charge in [0.1, 0.15) is 23.1 Å². The number of para-hydroxylation sites is 1. The first-order valence-electron chi connectivity index (χ1n) is 7.10. The standard InChI is InChI=1S/C17H13BrF2N4/c1-10-9-15(23-16-13(19)3-2-4-14(16)20)24-17(21-10)22-12-7-5-11(18)6-8-12/h2-9H,1H3,(H2,21,22,23,24). The number of aromatic nitrogens is 2. The first-order valence-corrected chi connectivity index (χ1v) is 7.90. The van der Waals surface area contributed by atoms with Crippen molar-refractivity contribution in [2.75, 3.05) is 10.6 Å². The monoisotopic (exact) mass is 390 g/mol. The predicted molar refractivity (Wildman–Crippen MR) is 93.8 cm³/mol. The minimum Gasteiger partial charge on any atom is -0.335 e. The van der Waals surface area contributed by atoms with Gasteiger partial charge in [-0.15, -0.1) is 0 Å². The van der Waals surface area contributed by atoms with Crippen LogP contribution in [-0.2, 0) is 0 Å². The molecule has 24 heavy (non-hydrogen) atoms. The minimum atomic E-state index is -0.686. The number of halogens is 3. The lowest BCUT2D eigenvalue weighted by Gasteiger charge is -2.11. The summed E-state index contributed by atoms with van der Waals surface area (Å²) in [6.45, 7) is 1.78. The molecule has 3 aromatic rings. The number of nitrogens with one attached hydrogen (secondary N) is 2. The Morgan fingerprint density at radius 1 is 0.917 bits per heavy atom. The van der Waals surface area contributed by atoms with E-state index in [9.17, 15) is 8.78 Å². The van der Waals surface area contributed by atoms with Crippen LogP contribution in [0.5, 0.6) is 0 Å². The molecule has 2 N–H and O–H groups in total. The Kier molecular flexibility index (Phi) is 4.71. The van der Waals surface area contributed by atoms with E-state index in [-0.39, 0.29) is 5.69 Å². The van der Waals surface area contributed by atoms with Gasteiger partial charge in [-0.3, -0.25) is 0 Å². The smallest absolute Gasteiger partial charge is 0.229 e. The van der Waals surface area contributed by atoms with Crippen LogP contribution in [0.1, 0.15) is 5.69 Å². The fourth-order valence-electron chi connectivity index (χ4n) is 2.10. The normalized spacial score (nSPS) is 10.5. The second-order valence-electron chi connectivity index (χ2n) is 5.07. The van der Waals surface area contributed by atoms with Crippen molar-refractivity contribution in [3.8, 4) is 0 Å². The van der Waals surface area contributed by atoms with Crippen molar-refractivity contribution < 1.29 is 8.78 Å². The molecule has 0 amide bonds. The molecule has 0 unspecified atom stereocenters. The molecule has 0 aliphatic heterocycles. The molecule has 0 aliphatic carbocycles. The topological polar surface area (TPSA) is 49.8 Å². The van der Waals surface area contributed by atoms with Crippen molar-refractivity contribution in [3.05, 3.63) is 70.3 Å². The summed E-state index contributed by atoms with van der Waals surface area (Å²) in [5.74, 6) is -0.745. The van der Waals surface area contributed by atoms with Crippen LogP contribution in [0.15, 0.2) is 53.0 Å². The van der Waals surface area contributed by atoms with Gasteiger partial charge in [-0.25, -0.2) is 13.8 Å². The molecular formula is C17H13BrF2N4. The fourth-order valence-corrected chi connectivity index (χ4v) is 2.36. The van der Waals surface area contributed by atoms with E-state index in [2.05, 4.69) is 36.5 Å². The summed E-state index contributed by atoms with van der Waals surface area (Å²) in [7, 11) is 0. The minimum absolute atomic E-state index is 0.245. The van der Waals surface area contributed by atoms with Crippen LogP contribution < -0.4 is 10.6 Å². The van der Waals surface area contributed by atoms with E-state index < -0.39 is 11.6 Å². The molecule has 0 saturated heterocycles. The number of anilines is 4. The molecular weight excluding hydrogens is 378 g/mol. The highest BCUT2D eigenvalue weighted by Crippen LogP contribution is 2.24. The largest absolute Gasteiger partial charge is 0.335 e. The van der Waals surface area contributed by atoms with E-state index in [1.54, 1.807) is 13.0 Å². The van der Waals surface area contributed by atoms with Gasteiger partial charge >= 0.3 is 0 Å². The average Bonchev–Trinajstić information content (AvgIpc) is 2.53. The van der Waals surface area contributed by atoms with Crippen LogP contribution in [-0.4, -0.2) is 9.97 Å². The summed E-state index contributed by atoms with van der Waals surface area (Å²) in [4.78, 5) is 8.53. The molecule has 1 heterocycles. The van der Waals surface area contributed by atoms with Crippen molar-refractivity contribution in [2.24, 2.45) is 0 Å². The molecule has 2 aromatic carbocycles. The van der Waals surface area contributed by atoms with E-state index in [0.717, 1.165) is 10.2 Å². The summed E-state index contributed by atoms with van der Waals surface area (Å²) in [6, 6.07) is 12.8. The summed E-state index contributed by atoms with van der Waals surface area (Å²) in [5, 5.41) is 5.72. The van der Waals surface area contributed by atoms with E-state index in [1.165, 1.54) is 18.2 Å². The Balaban J connectivity index is 1.87. The van der Waals surface area contributed by atoms with Crippen molar-refractivity contribution in [3.63, 3.8) is 0 Å². The SMILES string of the molecule is Cc1cc(Nc2c(F)cccc2F)nc(Nc2ccc(Br)cc2)n1. The molecule has 4 nitrogen and oxygen atoms in total. The Labute approximate surface area is 146 Å². The Morgan fingerprint density at radius 3 is 2.25 bits per heavy atom. The predicted octanol–water partition coefficient (Wildman–Crippen LogP) is 5.31. The number of benzene rings is 2. The lowest BCUT2D eigenvalue weighted by molar-refractivity contribution is 0.590. The van der Waals surface area contributed by atoms with E-state index in [4.69, 9.17) is 0 Å². The maximum Gasteiger partial charge on any atom is 0.229 e. The zero-order chi connectivity index (χ0) is 17.1. The summed E-state index contributed by atoms with van der Waals surface area (Å²) in [6.07, 6.45) is 0. The van der Waals surface area contributed by atoms with Crippen molar-refractivity contribution in [1.29, 1.82) is 0 Å². The summed E-state index contributed by atoms with van der Waals surface area (Å²) < 4.78 is 28.5. The molecule has 122 valence electrons. The second kappa shape index (κ2) is 6.92. The summed E-state index contributed by atoms with van der Waals surface area (Å²) in [5.41, 5.74) is 1.21. The molecule has 0 aliphatic rings. The first kappa shape index (κ1) is 16.3. The van der Waals surface area contributed by atoms with Crippen molar-refractivity contribution >= 4 is 39.1 Å². The van der Waals surface area contributed by atoms with Gasteiger partial charge in [0.05, 0.1) is 0 Å². The quantitative estimate of drug-likeness (QED) is 0.633. The third-order valence-electron chi connectivity index (χ3n) is 3.17. The summed E-state index contributed by atoms with van der Waals surface area (Å²) >= 11 is 3.36. The molecule has 3 rings (SSSR count). The van der Waals surface area contributed by atoms with Crippen molar-refractivity contribution in [2.45, 2.75) is 6.92 Å². The van der Waals surface area contributed by atoms with Crippen LogP contribution in [0.2, 0.25) is 0 Å². The highest BCUT2D eigenvalue weighted by molar-refractivity contribution is 9.10. The van der Waals surface area contributed by atoms with Gasteiger partial charge in [0.2, 0.25) is 5.95 Å². The molecule has 1 aromatic heterocycles. The number of aryl methyl sites for hydroxylation is 1. The molecule has 0 saturated carbocycles. The van der Waals surface area contributed by atoms with Crippen LogP contribution >= 0.6 is 15.9 Å². The van der Waals surface area contributed by atoms with Gasteiger partial charge in [0.15, 0.2) is 0 Å². The maximum atomic E-state index is 13.8. The van der Waals surface area contributed by atoms with E-state index in [0.29, 0.717) is 17.5 Å². The number of nitrogens with zero attached hydrogens (tertiary/aromatic N) is 2. The number of hydrogen-bond acceptors (Lipinski definition) is 4. The molecule has 0 spiro atoms. The highest BCUT2D eigenvalue weighted by Gasteiger charge is 2.10. The lowest BCUT2D eigenvalue weighted by Crippen LogP contribution is -2.04. The van der Waals surface area contributed by atoms with Crippen LogP contribution in [0.4, 0.5) is 31.9 Å². The molecule has 7 heteroatoms. The van der Waals surface area contributed by atoms with Gasteiger partial charge in [0.25, 0.3) is 0 Å². The van der Waals surface area contributed by atoms with Gasteiger partial charge in [0, 0.05) is 21.9 Å². The van der Waals surface area contributed by atoms with Gasteiger partial charge in [-0.1, -0.05) is 22.0 Å². The second-order valence-corrected chi connectivity index (χ2v) is 5.99. The molecule has 0 bridgehead atoms. The number of hydrogen-bond donors (Lipinski definition) is 2. The molecule has 0 atom stereocenters. The van der Waals surface area contributed by atoms with Gasteiger partial charge in [-0.2, -0.15) is 4.98 Å². The van der Waals surface area contributed by atoms with Crippen LogP contribution in [0, 0.1) is 18.6 Å². The third kappa shape index (κ3) is 3.86. The van der Waals surface area contributed by atoms with E-state index >= 15 is 0 Å². The third-order valence-corrected chi connectivity index (χ3v) is 3.70. The average molecular weight is 391 g/mol. The Bertz CT molecular complexity index is 849. The fraction of sp³-hybridized carbons (Fsp3) is 0.0588. The van der Waals surface area contributed by atoms with Crippen LogP contribution in [0.25, 0.3) is 0 Å². The van der Waals surface area contributed by atoms with Crippen LogP contribution in [0.3, 0.4) is 0 Å². The van der Waals surface area contributed by atoms with Gasteiger partial charge < -0.3 is 10.6 Å². The highest BCUT2D eigenvalue weighted by atomic mass is 79.9.